The summed E-state index contributed by atoms with van der Waals surface area (Å²) in [4.78, 5) is 12.0. The van der Waals surface area contributed by atoms with Gasteiger partial charge >= 0.3 is 0 Å². The second-order valence-corrected chi connectivity index (χ2v) is 4.50. The maximum absolute atomic E-state index is 12.0. The van der Waals surface area contributed by atoms with E-state index in [1.54, 1.807) is 6.20 Å². The smallest absolute Gasteiger partial charge is 0.235 e. The Hall–Kier alpha value is -1.76. The van der Waals surface area contributed by atoms with Crippen molar-refractivity contribution in [3.05, 3.63) is 23.3 Å². The number of nitrogens with zero attached hydrogens (tertiary/aromatic N) is 3. The van der Waals surface area contributed by atoms with Crippen LogP contribution in [-0.4, -0.2) is 25.7 Å². The van der Waals surface area contributed by atoms with E-state index in [0.29, 0.717) is 5.82 Å². The number of nitrogens with one attached hydrogen (secondary N) is 2. The second kappa shape index (κ2) is 4.01. The third-order valence-electron chi connectivity index (χ3n) is 2.38. The van der Waals surface area contributed by atoms with Crippen molar-refractivity contribution in [3.63, 3.8) is 0 Å². The molecule has 0 saturated carbocycles. The number of carbonyl (C=O) groups is 1. The summed E-state index contributed by atoms with van der Waals surface area (Å²) in [5, 5.41) is 14.4. The predicted molar refractivity (Wildman–Crippen MR) is 60.2 cm³/mol. The molecule has 1 amide bonds. The van der Waals surface area contributed by atoms with Gasteiger partial charge in [-0.2, -0.15) is 10.3 Å². The van der Waals surface area contributed by atoms with E-state index in [-0.39, 0.29) is 5.91 Å². The van der Waals surface area contributed by atoms with Crippen molar-refractivity contribution in [1.82, 2.24) is 19.8 Å². The number of aromatic amines is 1. The van der Waals surface area contributed by atoms with Crippen LogP contribution in [0.3, 0.4) is 0 Å². The van der Waals surface area contributed by atoms with Gasteiger partial charge < -0.3 is 5.32 Å². The topological polar surface area (TPSA) is 83.6 Å². The fraction of sp³-hybridized carbons (Fsp3) is 0.333. The molecule has 0 spiro atoms. The predicted octanol–water partition coefficient (Wildman–Crippen LogP) is 1.18. The van der Waals surface area contributed by atoms with Gasteiger partial charge in [0, 0.05) is 11.6 Å². The molecule has 0 fully saturated rings. The van der Waals surface area contributed by atoms with Crippen LogP contribution in [0.15, 0.2) is 17.8 Å². The van der Waals surface area contributed by atoms with Gasteiger partial charge in [0.15, 0.2) is 5.82 Å². The molecule has 2 N–H and O–H groups in total. The molecule has 0 aromatic carbocycles. The summed E-state index contributed by atoms with van der Waals surface area (Å²) in [5.41, 5.74) is 0.255. The van der Waals surface area contributed by atoms with Crippen LogP contribution in [-0.2, 0) is 10.2 Å². The van der Waals surface area contributed by atoms with Crippen LogP contribution in [0.25, 0.3) is 0 Å². The van der Waals surface area contributed by atoms with Crippen LogP contribution in [0.2, 0.25) is 0 Å². The molecule has 7 heteroatoms. The van der Waals surface area contributed by atoms with Crippen molar-refractivity contribution < 1.29 is 4.79 Å². The monoisotopic (exact) mass is 237 g/mol. The molecule has 0 saturated heterocycles. The molecule has 84 valence electrons. The van der Waals surface area contributed by atoms with Gasteiger partial charge in [-0.15, -0.1) is 5.10 Å². The maximum Gasteiger partial charge on any atom is 0.235 e. The van der Waals surface area contributed by atoms with E-state index in [9.17, 15) is 4.79 Å². The van der Waals surface area contributed by atoms with Gasteiger partial charge in [0.2, 0.25) is 5.91 Å². The Kier molecular flexibility index (Phi) is 2.69. The summed E-state index contributed by atoms with van der Waals surface area (Å²) in [6, 6.07) is 0. The Morgan fingerprint density at radius 2 is 2.31 bits per heavy atom. The highest BCUT2D eigenvalue weighted by Crippen LogP contribution is 2.25. The molecule has 16 heavy (non-hydrogen) atoms. The first kappa shape index (κ1) is 10.7. The average molecular weight is 237 g/mol. The standard InChI is InChI=1S/C9H11N5OS/c1-9(2,6-3-11-16-5-6)8(15)12-7-4-10-14-13-7/h3-5H,1-2H3,(H2,10,12,13,14,15). The zero-order valence-electron chi connectivity index (χ0n) is 8.89. The quantitative estimate of drug-likeness (QED) is 0.839. The molecule has 0 radical (unpaired) electrons. The van der Waals surface area contributed by atoms with Crippen LogP contribution in [0.4, 0.5) is 5.82 Å². The van der Waals surface area contributed by atoms with Crippen LogP contribution in [0.1, 0.15) is 19.4 Å². The summed E-state index contributed by atoms with van der Waals surface area (Å²) < 4.78 is 4.00. The number of amides is 1. The Morgan fingerprint density at radius 1 is 1.50 bits per heavy atom. The zero-order chi connectivity index (χ0) is 11.6. The van der Waals surface area contributed by atoms with E-state index >= 15 is 0 Å². The molecule has 0 atom stereocenters. The Balaban J connectivity index is 2.15. The molecular formula is C9H11N5OS. The maximum atomic E-state index is 12.0. The molecule has 0 bridgehead atoms. The van der Waals surface area contributed by atoms with Gasteiger partial charge in [-0.05, 0) is 30.9 Å². The van der Waals surface area contributed by atoms with Crippen molar-refractivity contribution in [2.45, 2.75) is 19.3 Å². The van der Waals surface area contributed by atoms with Crippen molar-refractivity contribution in [2.24, 2.45) is 0 Å². The number of carbonyl (C=O) groups excluding carboxylic acids is 1. The molecule has 0 aliphatic rings. The van der Waals surface area contributed by atoms with Gasteiger partial charge in [-0.25, -0.2) is 4.37 Å². The average Bonchev–Trinajstić information content (AvgIpc) is 2.89. The highest BCUT2D eigenvalue weighted by Gasteiger charge is 2.31. The molecule has 2 heterocycles. The van der Waals surface area contributed by atoms with E-state index < -0.39 is 5.41 Å². The molecule has 0 unspecified atom stereocenters. The highest BCUT2D eigenvalue weighted by molar-refractivity contribution is 7.03. The fourth-order valence-electron chi connectivity index (χ4n) is 1.18. The lowest BCUT2D eigenvalue weighted by atomic mass is 9.86. The molecule has 2 aromatic rings. The third kappa shape index (κ3) is 1.94. The van der Waals surface area contributed by atoms with Gasteiger partial charge in [-0.3, -0.25) is 4.79 Å². The molecule has 0 aliphatic heterocycles. The molecule has 0 aliphatic carbocycles. The zero-order valence-corrected chi connectivity index (χ0v) is 9.71. The summed E-state index contributed by atoms with van der Waals surface area (Å²) in [7, 11) is 0. The lowest BCUT2D eigenvalue weighted by Gasteiger charge is -2.21. The first-order valence-corrected chi connectivity index (χ1v) is 5.51. The normalized spacial score (nSPS) is 11.4. The highest BCUT2D eigenvalue weighted by atomic mass is 32.1. The molecule has 2 rings (SSSR count). The molecule has 6 nitrogen and oxygen atoms in total. The Bertz CT molecular complexity index is 462. The summed E-state index contributed by atoms with van der Waals surface area (Å²) in [5.74, 6) is 0.280. The lowest BCUT2D eigenvalue weighted by Crippen LogP contribution is -2.34. The first-order chi connectivity index (χ1) is 7.60. The van der Waals surface area contributed by atoms with Crippen molar-refractivity contribution in [1.29, 1.82) is 0 Å². The van der Waals surface area contributed by atoms with Crippen LogP contribution >= 0.6 is 11.5 Å². The van der Waals surface area contributed by atoms with Gasteiger partial charge in [0.1, 0.15) is 0 Å². The number of anilines is 1. The number of H-pyrrole nitrogens is 1. The second-order valence-electron chi connectivity index (χ2n) is 3.85. The van der Waals surface area contributed by atoms with Crippen LogP contribution in [0.5, 0.6) is 0 Å². The van der Waals surface area contributed by atoms with Crippen molar-refractivity contribution in [3.8, 4) is 0 Å². The van der Waals surface area contributed by atoms with E-state index in [1.165, 1.54) is 17.7 Å². The van der Waals surface area contributed by atoms with Gasteiger partial charge in [0.05, 0.1) is 11.6 Å². The minimum absolute atomic E-state index is 0.137. The number of aromatic nitrogens is 4. The number of hydrogen-bond acceptors (Lipinski definition) is 5. The van der Waals surface area contributed by atoms with E-state index in [1.807, 2.05) is 19.2 Å². The SMILES string of the molecule is CC(C)(C(=O)Nc1cn[nH]n1)c1cnsc1. The number of hydrogen-bond donors (Lipinski definition) is 2. The Morgan fingerprint density at radius 3 is 2.88 bits per heavy atom. The van der Waals surface area contributed by atoms with Crippen molar-refractivity contribution in [2.75, 3.05) is 5.32 Å². The summed E-state index contributed by atoms with van der Waals surface area (Å²) >= 11 is 1.33. The minimum atomic E-state index is -0.633. The lowest BCUT2D eigenvalue weighted by molar-refractivity contribution is -0.120. The first-order valence-electron chi connectivity index (χ1n) is 4.68. The molecule has 2 aromatic heterocycles. The van der Waals surface area contributed by atoms with Crippen molar-refractivity contribution >= 4 is 23.3 Å². The third-order valence-corrected chi connectivity index (χ3v) is 2.96. The minimum Gasteiger partial charge on any atom is -0.307 e. The van der Waals surface area contributed by atoms with Gasteiger partial charge in [-0.1, -0.05) is 0 Å². The van der Waals surface area contributed by atoms with Crippen LogP contribution < -0.4 is 5.32 Å². The number of rotatable bonds is 3. The summed E-state index contributed by atoms with van der Waals surface area (Å²) in [6.07, 6.45) is 3.16. The van der Waals surface area contributed by atoms with Gasteiger partial charge in [0.25, 0.3) is 0 Å². The van der Waals surface area contributed by atoms with E-state index in [4.69, 9.17) is 0 Å². The fourth-order valence-corrected chi connectivity index (χ4v) is 1.88. The van der Waals surface area contributed by atoms with E-state index in [0.717, 1.165) is 5.56 Å². The molecular weight excluding hydrogens is 226 g/mol. The summed E-state index contributed by atoms with van der Waals surface area (Å²) in [6.45, 7) is 3.68. The van der Waals surface area contributed by atoms with Crippen LogP contribution in [0, 0.1) is 0 Å². The largest absolute Gasteiger partial charge is 0.307 e. The Labute approximate surface area is 96.2 Å². The van der Waals surface area contributed by atoms with E-state index in [2.05, 4.69) is 25.1 Å².